The van der Waals surface area contributed by atoms with Crippen LogP contribution in [0.3, 0.4) is 0 Å². The van der Waals surface area contributed by atoms with Crippen LogP contribution in [-0.4, -0.2) is 18.1 Å². The molecule has 0 saturated heterocycles. The van der Waals surface area contributed by atoms with E-state index in [1.54, 1.807) is 12.1 Å². The molecule has 0 unspecified atom stereocenters. The predicted molar refractivity (Wildman–Crippen MR) is 108 cm³/mol. The van der Waals surface area contributed by atoms with Gasteiger partial charge in [0.05, 0.1) is 18.1 Å². The summed E-state index contributed by atoms with van der Waals surface area (Å²) in [6.45, 7) is 0. The van der Waals surface area contributed by atoms with Crippen molar-refractivity contribution in [2.75, 3.05) is 0 Å². The standard InChI is InChI=1S/C24H20N2O3/c27-22(26-25-16-17-11-13-18(14-12-17)23(28)29)21-15-24(21,19-7-3-1-4-8-19)20-9-5-2-6-10-20/h1-14,16,21H,15H2,(H,26,27)(H,28,29)/p-1/b25-16-/t21-/m1/s1. The van der Waals surface area contributed by atoms with Crippen LogP contribution in [0.4, 0.5) is 0 Å². The summed E-state index contributed by atoms with van der Waals surface area (Å²) in [7, 11) is 0. The van der Waals surface area contributed by atoms with E-state index >= 15 is 0 Å². The Morgan fingerprint density at radius 2 is 1.45 bits per heavy atom. The number of hydrogen-bond acceptors (Lipinski definition) is 4. The van der Waals surface area contributed by atoms with E-state index in [9.17, 15) is 14.7 Å². The highest BCUT2D eigenvalue weighted by Gasteiger charge is 2.60. The predicted octanol–water partition coefficient (Wildman–Crippen LogP) is 2.51. The highest BCUT2D eigenvalue weighted by atomic mass is 16.4. The minimum Gasteiger partial charge on any atom is -0.545 e. The van der Waals surface area contributed by atoms with Crippen LogP contribution in [0, 0.1) is 5.92 Å². The zero-order valence-electron chi connectivity index (χ0n) is 15.6. The molecule has 1 fully saturated rings. The lowest BCUT2D eigenvalue weighted by atomic mass is 9.85. The van der Waals surface area contributed by atoms with Gasteiger partial charge in [-0.25, -0.2) is 5.43 Å². The highest BCUT2D eigenvalue weighted by molar-refractivity contribution is 5.89. The van der Waals surface area contributed by atoms with E-state index < -0.39 is 5.97 Å². The molecule has 1 aliphatic carbocycles. The second kappa shape index (κ2) is 7.72. The Balaban J connectivity index is 1.49. The zero-order chi connectivity index (χ0) is 20.3. The van der Waals surface area contributed by atoms with E-state index in [4.69, 9.17) is 0 Å². The van der Waals surface area contributed by atoms with Gasteiger partial charge in [0.1, 0.15) is 0 Å². The van der Waals surface area contributed by atoms with Crippen molar-refractivity contribution in [1.82, 2.24) is 5.43 Å². The number of carbonyl (C=O) groups is 2. The third kappa shape index (κ3) is 3.67. The minimum absolute atomic E-state index is 0.0969. The van der Waals surface area contributed by atoms with Crippen molar-refractivity contribution < 1.29 is 14.7 Å². The first-order chi connectivity index (χ1) is 14.1. The van der Waals surface area contributed by atoms with Crippen LogP contribution in [0.25, 0.3) is 0 Å². The van der Waals surface area contributed by atoms with Crippen molar-refractivity contribution in [1.29, 1.82) is 0 Å². The SMILES string of the molecule is O=C([O-])c1ccc(/C=N\NC(=O)[C@H]2CC2(c2ccccc2)c2ccccc2)cc1. The van der Waals surface area contributed by atoms with Gasteiger partial charge in [-0.3, -0.25) is 4.79 Å². The fourth-order valence-corrected chi connectivity index (χ4v) is 3.81. The normalized spacial score (nSPS) is 17.0. The maximum Gasteiger partial charge on any atom is 0.244 e. The van der Waals surface area contributed by atoms with Gasteiger partial charge >= 0.3 is 0 Å². The van der Waals surface area contributed by atoms with Crippen LogP contribution < -0.4 is 10.5 Å². The zero-order valence-corrected chi connectivity index (χ0v) is 15.6. The van der Waals surface area contributed by atoms with Crippen molar-refractivity contribution in [2.24, 2.45) is 11.0 Å². The Morgan fingerprint density at radius 3 is 1.97 bits per heavy atom. The van der Waals surface area contributed by atoms with E-state index in [1.807, 2.05) is 36.4 Å². The van der Waals surface area contributed by atoms with Gasteiger partial charge < -0.3 is 9.90 Å². The number of nitrogens with one attached hydrogen (secondary N) is 1. The summed E-state index contributed by atoms with van der Waals surface area (Å²) in [6, 6.07) is 26.2. The fourth-order valence-electron chi connectivity index (χ4n) is 3.81. The molecule has 0 aromatic heterocycles. The van der Waals surface area contributed by atoms with Gasteiger partial charge in [-0.05, 0) is 28.7 Å². The van der Waals surface area contributed by atoms with Crippen LogP contribution >= 0.6 is 0 Å². The molecule has 0 aliphatic heterocycles. The monoisotopic (exact) mass is 383 g/mol. The molecule has 29 heavy (non-hydrogen) atoms. The number of amides is 1. The molecule has 1 atom stereocenters. The number of aromatic carboxylic acids is 1. The van der Waals surface area contributed by atoms with Crippen molar-refractivity contribution >= 4 is 18.1 Å². The van der Waals surface area contributed by atoms with Crippen LogP contribution in [0.15, 0.2) is 90.0 Å². The largest absolute Gasteiger partial charge is 0.545 e. The summed E-state index contributed by atoms with van der Waals surface area (Å²) in [6.07, 6.45) is 2.22. The Kier molecular flexibility index (Phi) is 4.96. The molecule has 3 aromatic carbocycles. The Morgan fingerprint density at radius 1 is 0.897 bits per heavy atom. The van der Waals surface area contributed by atoms with Crippen molar-refractivity contribution in [2.45, 2.75) is 11.8 Å². The molecule has 144 valence electrons. The number of rotatable bonds is 6. The number of carbonyl (C=O) groups excluding carboxylic acids is 2. The Labute approximate surface area is 168 Å². The molecule has 1 saturated carbocycles. The van der Waals surface area contributed by atoms with Crippen LogP contribution in [-0.2, 0) is 10.2 Å². The number of hydrogen-bond donors (Lipinski definition) is 1. The van der Waals surface area contributed by atoms with E-state index in [0.29, 0.717) is 5.56 Å². The third-order valence-corrected chi connectivity index (χ3v) is 5.39. The molecular formula is C24H19N2O3-. The summed E-state index contributed by atoms with van der Waals surface area (Å²) in [5, 5.41) is 14.8. The van der Waals surface area contributed by atoms with E-state index in [-0.39, 0.29) is 22.8 Å². The van der Waals surface area contributed by atoms with Crippen LogP contribution in [0.2, 0.25) is 0 Å². The molecular weight excluding hydrogens is 364 g/mol. The Hall–Kier alpha value is -3.73. The number of benzene rings is 3. The lowest BCUT2D eigenvalue weighted by Gasteiger charge is -2.18. The number of nitrogens with zero attached hydrogens (tertiary/aromatic N) is 1. The van der Waals surface area contributed by atoms with E-state index in [0.717, 1.165) is 17.5 Å². The number of hydrazone groups is 1. The summed E-state index contributed by atoms with van der Waals surface area (Å²) < 4.78 is 0. The first-order valence-electron chi connectivity index (χ1n) is 9.36. The van der Waals surface area contributed by atoms with Gasteiger partial charge in [0.2, 0.25) is 5.91 Å². The van der Waals surface area contributed by atoms with Gasteiger partial charge in [0.25, 0.3) is 0 Å². The molecule has 0 heterocycles. The van der Waals surface area contributed by atoms with Gasteiger partial charge in [0.15, 0.2) is 0 Å². The maximum absolute atomic E-state index is 12.8. The first kappa shape index (κ1) is 18.6. The van der Waals surface area contributed by atoms with Gasteiger partial charge in [-0.1, -0.05) is 84.9 Å². The first-order valence-corrected chi connectivity index (χ1v) is 9.36. The number of carboxylic acid groups (broad SMARTS) is 1. The molecule has 1 amide bonds. The molecule has 0 radical (unpaired) electrons. The molecule has 0 bridgehead atoms. The van der Waals surface area contributed by atoms with Crippen molar-refractivity contribution in [3.63, 3.8) is 0 Å². The van der Waals surface area contributed by atoms with Gasteiger partial charge in [0, 0.05) is 5.41 Å². The molecule has 0 spiro atoms. The lowest BCUT2D eigenvalue weighted by Crippen LogP contribution is -2.25. The third-order valence-electron chi connectivity index (χ3n) is 5.39. The highest BCUT2D eigenvalue weighted by Crippen LogP contribution is 2.58. The number of carboxylic acids is 1. The molecule has 3 aromatic rings. The average molecular weight is 383 g/mol. The summed E-state index contributed by atoms with van der Waals surface area (Å²) in [5.74, 6) is -1.57. The Bertz CT molecular complexity index is 1010. The lowest BCUT2D eigenvalue weighted by molar-refractivity contribution is -0.255. The minimum atomic E-state index is -1.23. The molecule has 5 nitrogen and oxygen atoms in total. The quantitative estimate of drug-likeness (QED) is 0.525. The van der Waals surface area contributed by atoms with Gasteiger partial charge in [-0.2, -0.15) is 5.10 Å². The topological polar surface area (TPSA) is 81.6 Å². The summed E-state index contributed by atoms with van der Waals surface area (Å²) in [4.78, 5) is 23.6. The fraction of sp³-hybridized carbons (Fsp3) is 0.125. The van der Waals surface area contributed by atoms with Crippen LogP contribution in [0.5, 0.6) is 0 Å². The van der Waals surface area contributed by atoms with Gasteiger partial charge in [-0.15, -0.1) is 0 Å². The van der Waals surface area contributed by atoms with Crippen LogP contribution in [0.1, 0.15) is 33.5 Å². The molecule has 4 rings (SSSR count). The average Bonchev–Trinajstić information content (AvgIpc) is 3.52. The molecule has 5 heteroatoms. The molecule has 1 aliphatic rings. The van der Waals surface area contributed by atoms with E-state index in [1.165, 1.54) is 18.3 Å². The molecule has 1 N–H and O–H groups in total. The van der Waals surface area contributed by atoms with Crippen molar-refractivity contribution in [3.05, 3.63) is 107 Å². The maximum atomic E-state index is 12.8. The second-order valence-electron chi connectivity index (χ2n) is 7.10. The summed E-state index contributed by atoms with van der Waals surface area (Å²) in [5.41, 5.74) is 5.31. The smallest absolute Gasteiger partial charge is 0.244 e. The summed E-state index contributed by atoms with van der Waals surface area (Å²) >= 11 is 0. The second-order valence-corrected chi connectivity index (χ2v) is 7.10. The van der Waals surface area contributed by atoms with E-state index in [2.05, 4.69) is 34.8 Å². The van der Waals surface area contributed by atoms with Crippen molar-refractivity contribution in [3.8, 4) is 0 Å².